The van der Waals surface area contributed by atoms with Crippen LogP contribution in [0.25, 0.3) is 16.7 Å². The Morgan fingerprint density at radius 3 is 2.33 bits per heavy atom. The number of hydrogen-bond acceptors (Lipinski definition) is 2. The van der Waals surface area contributed by atoms with Crippen LogP contribution in [0.3, 0.4) is 0 Å². The second-order valence-electron chi connectivity index (χ2n) is 12.4. The minimum Gasteiger partial charge on any atom is -0.393 e. The zero-order chi connectivity index (χ0) is 34.8. The highest BCUT2D eigenvalue weighted by Crippen LogP contribution is 2.32. The van der Waals surface area contributed by atoms with Gasteiger partial charge in [-0.1, -0.05) is 140 Å². The highest BCUT2D eigenvalue weighted by molar-refractivity contribution is 6.00. The fraction of sp³-hybridized carbons (Fsp3) is 0.213. The smallest absolute Gasteiger partial charge is 0.0404 e. The molecule has 0 unspecified atom stereocenters. The van der Waals surface area contributed by atoms with E-state index < -0.39 is 0 Å². The van der Waals surface area contributed by atoms with Crippen molar-refractivity contribution < 1.29 is 0 Å². The van der Waals surface area contributed by atoms with Crippen molar-refractivity contribution in [2.75, 3.05) is 7.05 Å². The van der Waals surface area contributed by atoms with Crippen LogP contribution in [0.5, 0.6) is 0 Å². The third-order valence-electron chi connectivity index (χ3n) is 9.00. The summed E-state index contributed by atoms with van der Waals surface area (Å²) in [7, 11) is 1.94. The first-order valence-corrected chi connectivity index (χ1v) is 17.5. The van der Waals surface area contributed by atoms with Gasteiger partial charge in [0.25, 0.3) is 0 Å². The molecule has 0 saturated carbocycles. The van der Waals surface area contributed by atoms with Gasteiger partial charge in [-0.3, -0.25) is 4.99 Å². The van der Waals surface area contributed by atoms with E-state index in [4.69, 9.17) is 4.99 Å². The van der Waals surface area contributed by atoms with Crippen molar-refractivity contribution in [3.63, 3.8) is 0 Å². The van der Waals surface area contributed by atoms with Crippen LogP contribution >= 0.6 is 0 Å². The molecule has 0 atom stereocenters. The lowest BCUT2D eigenvalue weighted by Gasteiger charge is -2.16. The minimum absolute atomic E-state index is 0.947. The maximum Gasteiger partial charge on any atom is 0.0404 e. The summed E-state index contributed by atoms with van der Waals surface area (Å²) in [4.78, 5) is 4.86. The Labute approximate surface area is 295 Å². The van der Waals surface area contributed by atoms with E-state index in [9.17, 15) is 0 Å². The molecule has 0 saturated heterocycles. The van der Waals surface area contributed by atoms with Crippen LogP contribution in [-0.2, 0) is 0 Å². The summed E-state index contributed by atoms with van der Waals surface area (Å²) < 4.78 is 0. The first-order chi connectivity index (χ1) is 24.0. The molecule has 49 heavy (non-hydrogen) atoms. The molecule has 4 rings (SSSR count). The lowest BCUT2D eigenvalue weighted by Crippen LogP contribution is -2.02. The number of nitrogens with one attached hydrogen (secondary N) is 1. The molecule has 0 spiro atoms. The Kier molecular flexibility index (Phi) is 14.6. The quantitative estimate of drug-likeness (QED) is 0.151. The van der Waals surface area contributed by atoms with Crippen molar-refractivity contribution in [1.29, 1.82) is 0 Å². The van der Waals surface area contributed by atoms with E-state index >= 15 is 0 Å². The highest BCUT2D eigenvalue weighted by atomic mass is 14.8. The molecular formula is C47H52N2. The predicted molar refractivity (Wildman–Crippen MR) is 217 cm³/mol. The van der Waals surface area contributed by atoms with Gasteiger partial charge in [0.15, 0.2) is 0 Å². The zero-order valence-electron chi connectivity index (χ0n) is 29.9. The molecule has 0 heterocycles. The maximum atomic E-state index is 4.86. The second kappa shape index (κ2) is 19.6. The molecule has 2 aromatic rings. The third kappa shape index (κ3) is 10.6. The van der Waals surface area contributed by atoms with E-state index in [1.54, 1.807) is 0 Å². The number of benzene rings is 2. The van der Waals surface area contributed by atoms with E-state index in [-0.39, 0.29) is 0 Å². The molecule has 0 fully saturated rings. The fourth-order valence-electron chi connectivity index (χ4n) is 6.24. The van der Waals surface area contributed by atoms with Gasteiger partial charge in [-0.05, 0) is 121 Å². The molecule has 0 amide bonds. The minimum atomic E-state index is 0.947. The molecular weight excluding hydrogens is 593 g/mol. The lowest BCUT2D eigenvalue weighted by atomic mass is 9.89. The molecule has 0 bridgehead atoms. The van der Waals surface area contributed by atoms with Crippen LogP contribution in [0.4, 0.5) is 0 Å². The number of rotatable bonds is 15. The summed E-state index contributed by atoms with van der Waals surface area (Å²) in [6.45, 7) is 14.4. The fourth-order valence-corrected chi connectivity index (χ4v) is 6.24. The first-order valence-electron chi connectivity index (χ1n) is 17.5. The topological polar surface area (TPSA) is 24.4 Å². The highest BCUT2D eigenvalue weighted by Gasteiger charge is 2.13. The Balaban J connectivity index is 1.58. The Hall–Kier alpha value is -5.21. The van der Waals surface area contributed by atoms with Gasteiger partial charge in [-0.2, -0.15) is 0 Å². The summed E-state index contributed by atoms with van der Waals surface area (Å²) in [6, 6.07) is 17.2. The molecule has 2 nitrogen and oxygen atoms in total. The third-order valence-corrected chi connectivity index (χ3v) is 9.00. The average Bonchev–Trinajstić information content (AvgIpc) is 3.14. The molecule has 0 aliphatic heterocycles. The van der Waals surface area contributed by atoms with Crippen molar-refractivity contribution in [2.45, 2.75) is 59.3 Å². The Morgan fingerprint density at radius 1 is 0.857 bits per heavy atom. The normalized spacial score (nSPS) is 16.5. The molecule has 2 aliphatic rings. The van der Waals surface area contributed by atoms with Crippen molar-refractivity contribution >= 4 is 22.4 Å². The van der Waals surface area contributed by atoms with Crippen molar-refractivity contribution in [1.82, 2.24) is 5.32 Å². The summed E-state index contributed by atoms with van der Waals surface area (Å²) in [6.07, 6.45) is 38.0. The summed E-state index contributed by atoms with van der Waals surface area (Å²) in [5.74, 6) is 0. The van der Waals surface area contributed by atoms with Gasteiger partial charge in [-0.15, -0.1) is 0 Å². The van der Waals surface area contributed by atoms with Crippen LogP contribution in [-0.4, -0.2) is 12.8 Å². The molecule has 0 aromatic heterocycles. The van der Waals surface area contributed by atoms with Crippen LogP contribution in [0, 0.1) is 6.92 Å². The van der Waals surface area contributed by atoms with Crippen LogP contribution in [0.15, 0.2) is 180 Å². The monoisotopic (exact) mass is 644 g/mol. The van der Waals surface area contributed by atoms with Crippen molar-refractivity contribution in [2.24, 2.45) is 4.99 Å². The van der Waals surface area contributed by atoms with E-state index in [0.717, 1.165) is 49.8 Å². The van der Waals surface area contributed by atoms with Gasteiger partial charge in [-0.25, -0.2) is 0 Å². The van der Waals surface area contributed by atoms with E-state index in [2.05, 4.69) is 149 Å². The van der Waals surface area contributed by atoms with Gasteiger partial charge in [0.05, 0.1) is 0 Å². The van der Waals surface area contributed by atoms with E-state index in [0.29, 0.717) is 0 Å². The van der Waals surface area contributed by atoms with Gasteiger partial charge in [0, 0.05) is 25.2 Å². The van der Waals surface area contributed by atoms with E-state index in [1.165, 1.54) is 55.7 Å². The van der Waals surface area contributed by atoms with Gasteiger partial charge >= 0.3 is 0 Å². The molecule has 2 heteroatoms. The maximum absolute atomic E-state index is 4.86. The first kappa shape index (κ1) is 36.6. The Morgan fingerprint density at radius 2 is 1.63 bits per heavy atom. The van der Waals surface area contributed by atoms with Crippen molar-refractivity contribution in [3.05, 3.63) is 198 Å². The van der Waals surface area contributed by atoms with Gasteiger partial charge < -0.3 is 5.32 Å². The average molecular weight is 645 g/mol. The standard InChI is InChI=1S/C47H52N2/c1-7-9-20-40(41-21-13-11-14-22-41)25-17-19-36(3)45(26-10-8-2)47-28-18-27-46(37(47)4)44(35-48-6)33-34-49-38(5)39-29-31-43(32-30-39)42-23-15-12-16-24-42/h7-10,12-13,15-16,18,20-29,31,33-35,48H,1-2,11,14,17,19,30,32H2,3-6H3/b20-9-,26-10-,34-33-,40-25+,44-35+,45-36+,49-38+. The summed E-state index contributed by atoms with van der Waals surface area (Å²) in [5.41, 5.74) is 14.9. The molecule has 1 N–H and O–H groups in total. The van der Waals surface area contributed by atoms with Gasteiger partial charge in [0.2, 0.25) is 0 Å². The largest absolute Gasteiger partial charge is 0.393 e. The second-order valence-corrected chi connectivity index (χ2v) is 12.4. The van der Waals surface area contributed by atoms with Crippen molar-refractivity contribution in [3.8, 4) is 0 Å². The summed E-state index contributed by atoms with van der Waals surface area (Å²) in [5, 5.41) is 3.25. The Bertz CT molecular complexity index is 1820. The summed E-state index contributed by atoms with van der Waals surface area (Å²) >= 11 is 0. The van der Waals surface area contributed by atoms with E-state index in [1.807, 2.05) is 37.6 Å². The van der Waals surface area contributed by atoms with Gasteiger partial charge in [0.1, 0.15) is 0 Å². The molecule has 250 valence electrons. The zero-order valence-corrected chi connectivity index (χ0v) is 29.9. The number of aliphatic imine (C=N–C) groups is 1. The SMILES string of the molecule is C=C/C=C\C(=C/CC/C(C)=C(\C=C/C=C)c1cccc(C(/C=C\N=C(/C)C2=CC=C(c3ccccc3)CC2)=C/NC)c1C)C1=CCCC=C1. The number of nitrogens with zero attached hydrogens (tertiary/aromatic N) is 1. The lowest BCUT2D eigenvalue weighted by molar-refractivity contribution is 0.972. The molecule has 2 aromatic carbocycles. The number of allylic oxidation sites excluding steroid dienone is 20. The predicted octanol–water partition coefficient (Wildman–Crippen LogP) is 12.6. The van der Waals surface area contributed by atoms with Crippen LogP contribution in [0.2, 0.25) is 0 Å². The van der Waals surface area contributed by atoms with Crippen LogP contribution < -0.4 is 5.32 Å². The molecule has 2 aliphatic carbocycles. The number of hydrogen-bond donors (Lipinski definition) is 1. The molecule has 0 radical (unpaired) electrons. The van der Waals surface area contributed by atoms with Crippen LogP contribution in [0.1, 0.15) is 74.6 Å².